The monoisotopic (exact) mass is 240 g/mol. The fourth-order valence-electron chi connectivity index (χ4n) is 3.17. The first-order valence-electron chi connectivity index (χ1n) is 7.34. The highest BCUT2D eigenvalue weighted by molar-refractivity contribution is 4.74. The minimum atomic E-state index is 0.471. The summed E-state index contributed by atoms with van der Waals surface area (Å²) < 4.78 is 5.45. The van der Waals surface area contributed by atoms with Crippen molar-refractivity contribution < 1.29 is 4.74 Å². The first-order chi connectivity index (χ1) is 8.38. The summed E-state index contributed by atoms with van der Waals surface area (Å²) in [6.45, 7) is 5.95. The molecule has 3 heteroatoms. The van der Waals surface area contributed by atoms with Crippen LogP contribution in [0.3, 0.4) is 0 Å². The molecule has 0 spiro atoms. The summed E-state index contributed by atoms with van der Waals surface area (Å²) in [5, 5.41) is 3.62. The molecular weight excluding hydrogens is 212 g/mol. The molecule has 1 saturated heterocycles. The van der Waals surface area contributed by atoms with E-state index in [4.69, 9.17) is 4.74 Å². The van der Waals surface area contributed by atoms with Crippen molar-refractivity contribution in [3.05, 3.63) is 0 Å². The van der Waals surface area contributed by atoms with Crippen LogP contribution in [0, 0.1) is 5.92 Å². The average molecular weight is 240 g/mol. The van der Waals surface area contributed by atoms with Gasteiger partial charge in [-0.25, -0.2) is 0 Å². The summed E-state index contributed by atoms with van der Waals surface area (Å²) in [5.41, 5.74) is 0. The number of likely N-dealkylation sites (tertiary alicyclic amines) is 1. The Kier molecular flexibility index (Phi) is 5.75. The van der Waals surface area contributed by atoms with Crippen molar-refractivity contribution >= 4 is 0 Å². The van der Waals surface area contributed by atoms with Gasteiger partial charge in [0.2, 0.25) is 0 Å². The zero-order chi connectivity index (χ0) is 11.9. The molecule has 100 valence electrons. The molecule has 1 saturated carbocycles. The molecule has 2 aliphatic rings. The predicted octanol–water partition coefficient (Wildman–Crippen LogP) is 1.88. The zero-order valence-corrected chi connectivity index (χ0v) is 11.3. The molecule has 1 atom stereocenters. The lowest BCUT2D eigenvalue weighted by atomic mass is 10.1. The van der Waals surface area contributed by atoms with Crippen LogP contribution < -0.4 is 5.32 Å². The van der Waals surface area contributed by atoms with Gasteiger partial charge in [-0.3, -0.25) is 4.90 Å². The van der Waals surface area contributed by atoms with Gasteiger partial charge in [-0.1, -0.05) is 12.8 Å². The number of rotatable bonds is 6. The lowest BCUT2D eigenvalue weighted by Crippen LogP contribution is -2.42. The Labute approximate surface area is 106 Å². The van der Waals surface area contributed by atoms with Crippen molar-refractivity contribution in [1.29, 1.82) is 0 Å². The van der Waals surface area contributed by atoms with Crippen molar-refractivity contribution in [2.24, 2.45) is 5.92 Å². The van der Waals surface area contributed by atoms with Gasteiger partial charge in [0, 0.05) is 26.7 Å². The van der Waals surface area contributed by atoms with Gasteiger partial charge in [0.05, 0.1) is 6.10 Å². The van der Waals surface area contributed by atoms with Crippen LogP contribution in [-0.4, -0.2) is 50.8 Å². The van der Waals surface area contributed by atoms with Gasteiger partial charge in [-0.15, -0.1) is 0 Å². The van der Waals surface area contributed by atoms with Gasteiger partial charge in [0.15, 0.2) is 0 Å². The van der Waals surface area contributed by atoms with E-state index >= 15 is 0 Å². The van der Waals surface area contributed by atoms with Crippen molar-refractivity contribution in [2.75, 3.05) is 39.8 Å². The van der Waals surface area contributed by atoms with E-state index < -0.39 is 0 Å². The largest absolute Gasteiger partial charge is 0.380 e. The van der Waals surface area contributed by atoms with Crippen molar-refractivity contribution in [3.63, 3.8) is 0 Å². The van der Waals surface area contributed by atoms with Gasteiger partial charge < -0.3 is 10.1 Å². The highest BCUT2D eigenvalue weighted by atomic mass is 16.5. The molecule has 1 heterocycles. The van der Waals surface area contributed by atoms with Gasteiger partial charge in [-0.05, 0) is 44.7 Å². The summed E-state index contributed by atoms with van der Waals surface area (Å²) in [7, 11) is 1.84. The van der Waals surface area contributed by atoms with Crippen LogP contribution in [0.25, 0.3) is 0 Å². The van der Waals surface area contributed by atoms with E-state index in [0.29, 0.717) is 6.10 Å². The molecular formula is C14H28N2O. The lowest BCUT2D eigenvalue weighted by Gasteiger charge is -2.31. The van der Waals surface area contributed by atoms with Crippen LogP contribution in [0.5, 0.6) is 0 Å². The number of hydrogen-bond acceptors (Lipinski definition) is 3. The molecule has 0 radical (unpaired) electrons. The summed E-state index contributed by atoms with van der Waals surface area (Å²) >= 11 is 0. The van der Waals surface area contributed by atoms with E-state index in [-0.39, 0.29) is 0 Å². The molecule has 1 aliphatic heterocycles. The van der Waals surface area contributed by atoms with Gasteiger partial charge in [0.1, 0.15) is 0 Å². The summed E-state index contributed by atoms with van der Waals surface area (Å²) in [4.78, 5) is 2.54. The Morgan fingerprint density at radius 3 is 2.76 bits per heavy atom. The topological polar surface area (TPSA) is 24.5 Å². The molecule has 2 fully saturated rings. The Hall–Kier alpha value is -0.120. The first-order valence-corrected chi connectivity index (χ1v) is 7.34. The smallest absolute Gasteiger partial charge is 0.0698 e. The highest BCUT2D eigenvalue weighted by Crippen LogP contribution is 2.23. The van der Waals surface area contributed by atoms with Gasteiger partial charge >= 0.3 is 0 Å². The number of ether oxygens (including phenoxy) is 1. The highest BCUT2D eigenvalue weighted by Gasteiger charge is 2.19. The van der Waals surface area contributed by atoms with E-state index in [1.54, 1.807) is 0 Å². The van der Waals surface area contributed by atoms with Crippen molar-refractivity contribution in [2.45, 2.75) is 44.6 Å². The third-order valence-electron chi connectivity index (χ3n) is 4.31. The Balaban J connectivity index is 1.52. The Morgan fingerprint density at radius 2 is 2.00 bits per heavy atom. The number of hydrogen-bond donors (Lipinski definition) is 1. The van der Waals surface area contributed by atoms with Gasteiger partial charge in [0.25, 0.3) is 0 Å². The van der Waals surface area contributed by atoms with Crippen LogP contribution >= 0.6 is 0 Å². The molecule has 0 bridgehead atoms. The second kappa shape index (κ2) is 7.34. The maximum atomic E-state index is 5.45. The van der Waals surface area contributed by atoms with Crippen LogP contribution in [0.2, 0.25) is 0 Å². The number of piperidine rings is 1. The maximum Gasteiger partial charge on any atom is 0.0698 e. The summed E-state index contributed by atoms with van der Waals surface area (Å²) in [5.74, 6) is 0.961. The normalized spacial score (nSPS) is 27.7. The predicted molar refractivity (Wildman–Crippen MR) is 71.3 cm³/mol. The maximum absolute atomic E-state index is 5.45. The fraction of sp³-hybridized carbons (Fsp3) is 1.00. The minimum absolute atomic E-state index is 0.471. The molecule has 17 heavy (non-hydrogen) atoms. The third kappa shape index (κ3) is 4.57. The number of nitrogens with one attached hydrogen (secondary N) is 1. The fourth-order valence-corrected chi connectivity index (χ4v) is 3.17. The van der Waals surface area contributed by atoms with Crippen molar-refractivity contribution in [3.8, 4) is 0 Å². The van der Waals surface area contributed by atoms with E-state index in [1.807, 2.05) is 7.11 Å². The molecule has 0 aromatic carbocycles. The van der Waals surface area contributed by atoms with Gasteiger partial charge in [-0.2, -0.15) is 0 Å². The number of nitrogens with zero attached hydrogens (tertiary/aromatic N) is 1. The molecule has 0 aromatic rings. The second-order valence-electron chi connectivity index (χ2n) is 5.66. The molecule has 0 amide bonds. The Morgan fingerprint density at radius 1 is 1.18 bits per heavy atom. The Bertz CT molecular complexity index is 204. The molecule has 1 unspecified atom stereocenters. The van der Waals surface area contributed by atoms with Crippen LogP contribution in [0.15, 0.2) is 0 Å². The van der Waals surface area contributed by atoms with Crippen LogP contribution in [0.4, 0.5) is 0 Å². The SMILES string of the molecule is COC1CCCN(CCNCC2CCCC2)C1. The number of methoxy groups -OCH3 is 1. The van der Waals surface area contributed by atoms with E-state index in [0.717, 1.165) is 19.0 Å². The summed E-state index contributed by atoms with van der Waals surface area (Å²) in [6.07, 6.45) is 8.80. The summed E-state index contributed by atoms with van der Waals surface area (Å²) in [6, 6.07) is 0. The molecule has 3 nitrogen and oxygen atoms in total. The molecule has 2 rings (SSSR count). The zero-order valence-electron chi connectivity index (χ0n) is 11.3. The third-order valence-corrected chi connectivity index (χ3v) is 4.31. The first kappa shape index (κ1) is 13.3. The van der Waals surface area contributed by atoms with Crippen molar-refractivity contribution in [1.82, 2.24) is 10.2 Å². The van der Waals surface area contributed by atoms with Crippen LogP contribution in [0.1, 0.15) is 38.5 Å². The van der Waals surface area contributed by atoms with E-state index in [9.17, 15) is 0 Å². The lowest BCUT2D eigenvalue weighted by molar-refractivity contribution is 0.0318. The minimum Gasteiger partial charge on any atom is -0.380 e. The second-order valence-corrected chi connectivity index (χ2v) is 5.66. The molecule has 1 N–H and O–H groups in total. The quantitative estimate of drug-likeness (QED) is 0.717. The molecule has 0 aromatic heterocycles. The van der Waals surface area contributed by atoms with Crippen LogP contribution in [-0.2, 0) is 4.74 Å². The van der Waals surface area contributed by atoms with E-state index in [1.165, 1.54) is 58.2 Å². The standard InChI is InChI=1S/C14H28N2O/c1-17-14-7-4-9-16(12-14)10-8-15-11-13-5-2-3-6-13/h13-15H,2-12H2,1H3. The average Bonchev–Trinajstić information content (AvgIpc) is 2.88. The van der Waals surface area contributed by atoms with E-state index in [2.05, 4.69) is 10.2 Å². The molecule has 1 aliphatic carbocycles.